The zero-order valence-electron chi connectivity index (χ0n) is 34.8. The molecule has 0 amide bonds. The number of pyridine rings is 1. The predicted octanol–water partition coefficient (Wildman–Crippen LogP) is 14.2. The molecule has 0 spiro atoms. The maximum atomic E-state index is 6.03. The number of aryl methyl sites for hydroxylation is 2. The second kappa shape index (κ2) is 17.5. The quantitative estimate of drug-likeness (QED) is 0.150. The Kier molecular flexibility index (Phi) is 12.3. The SMILES string of the molecule is CC(C)Cc1cc(-c2[c-]cccc2)ncc1C(C)(C)C.Cc1cc(C)c2o[c-]c(-c3nc4ccccc4n3-c3c(-c4ccccc4)cccc3-c3ccccc3)c2c1.[Ir]. The van der Waals surface area contributed by atoms with Crippen LogP contribution >= 0.6 is 0 Å². The number of hydrogen-bond donors (Lipinski definition) is 0. The van der Waals surface area contributed by atoms with Crippen molar-refractivity contribution in [2.24, 2.45) is 5.92 Å². The van der Waals surface area contributed by atoms with Crippen LogP contribution in [0.2, 0.25) is 0 Å². The number of hydrogen-bond acceptors (Lipinski definition) is 3. The second-order valence-corrected chi connectivity index (χ2v) is 16.6. The molecule has 1 radical (unpaired) electrons. The van der Waals surface area contributed by atoms with Gasteiger partial charge < -0.3 is 14.0 Å². The normalized spacial score (nSPS) is 11.4. The van der Waals surface area contributed by atoms with Crippen molar-refractivity contribution in [3.8, 4) is 50.6 Å². The largest absolute Gasteiger partial charge is 0.557 e. The Morgan fingerprint density at radius 1 is 0.729 bits per heavy atom. The molecule has 0 atom stereocenters. The van der Waals surface area contributed by atoms with Crippen molar-refractivity contribution in [3.63, 3.8) is 0 Å². The Morgan fingerprint density at radius 2 is 1.37 bits per heavy atom. The molecule has 0 bridgehead atoms. The van der Waals surface area contributed by atoms with E-state index in [1.54, 1.807) is 0 Å². The van der Waals surface area contributed by atoms with Gasteiger partial charge in [-0.25, -0.2) is 0 Å². The fraction of sp³-hybridized carbons (Fsp3) is 0.185. The van der Waals surface area contributed by atoms with E-state index in [0.29, 0.717) is 5.92 Å². The van der Waals surface area contributed by atoms with Crippen molar-refractivity contribution < 1.29 is 24.5 Å². The number of para-hydroxylation sites is 3. The average Bonchev–Trinajstić information content (AvgIpc) is 3.83. The monoisotopic (exact) mass is 948 g/mol. The molecule has 0 fully saturated rings. The summed E-state index contributed by atoms with van der Waals surface area (Å²) in [4.78, 5) is 9.83. The topological polar surface area (TPSA) is 43.9 Å². The second-order valence-electron chi connectivity index (χ2n) is 16.6. The van der Waals surface area contributed by atoms with Crippen molar-refractivity contribution in [2.45, 2.75) is 60.3 Å². The molecule has 297 valence electrons. The molecular weight excluding hydrogens is 899 g/mol. The molecule has 0 unspecified atom stereocenters. The summed E-state index contributed by atoms with van der Waals surface area (Å²) < 4.78 is 8.32. The van der Waals surface area contributed by atoms with E-state index in [2.05, 4.69) is 192 Å². The molecule has 9 aromatic rings. The first kappa shape index (κ1) is 41.3. The van der Waals surface area contributed by atoms with E-state index in [4.69, 9.17) is 9.40 Å². The minimum Gasteiger partial charge on any atom is -0.557 e. The Bertz CT molecular complexity index is 2770. The molecule has 0 aliphatic carbocycles. The van der Waals surface area contributed by atoms with Gasteiger partial charge in [-0.3, -0.25) is 4.98 Å². The molecule has 5 heteroatoms. The predicted molar refractivity (Wildman–Crippen MR) is 241 cm³/mol. The molecule has 59 heavy (non-hydrogen) atoms. The van der Waals surface area contributed by atoms with Gasteiger partial charge in [0, 0.05) is 49.3 Å². The Hall–Kier alpha value is -5.87. The van der Waals surface area contributed by atoms with Gasteiger partial charge in [-0.2, -0.15) is 0 Å². The van der Waals surface area contributed by atoms with Gasteiger partial charge >= 0.3 is 0 Å². The molecule has 0 N–H and O–H groups in total. The summed E-state index contributed by atoms with van der Waals surface area (Å²) in [5.74, 6) is 1.46. The van der Waals surface area contributed by atoms with Crippen LogP contribution in [0.5, 0.6) is 0 Å². The third-order valence-electron chi connectivity index (χ3n) is 10.6. The number of aromatic nitrogens is 3. The number of rotatable bonds is 7. The van der Waals surface area contributed by atoms with Crippen LogP contribution in [0, 0.1) is 32.1 Å². The minimum atomic E-state index is 0. The van der Waals surface area contributed by atoms with Gasteiger partial charge in [0.15, 0.2) is 0 Å². The summed E-state index contributed by atoms with van der Waals surface area (Å²) in [7, 11) is 0. The molecule has 3 aromatic heterocycles. The molecule has 9 rings (SSSR count). The van der Waals surface area contributed by atoms with Gasteiger partial charge in [0.25, 0.3) is 0 Å². The van der Waals surface area contributed by atoms with Crippen molar-refractivity contribution in [3.05, 3.63) is 186 Å². The zero-order valence-corrected chi connectivity index (χ0v) is 37.2. The summed E-state index contributed by atoms with van der Waals surface area (Å²) >= 11 is 0. The van der Waals surface area contributed by atoms with E-state index in [1.165, 1.54) is 16.7 Å². The van der Waals surface area contributed by atoms with Gasteiger partial charge in [-0.15, -0.1) is 35.9 Å². The standard InChI is InChI=1S/C35H25N2O.C19H24N.Ir/c1-23-20-24(2)34-29(21-23)30(22-38-34)35-36-31-18-9-10-19-32(31)37(35)33-27(25-12-5-3-6-13-25)16-11-17-28(33)26-14-7-4-8-15-26;1-14(2)11-16-12-18(15-9-7-6-8-10-15)20-13-17(16)19(3,4)5;/h3-21H,1-2H3;6-9,12-14H,11H2,1-5H3;/q2*-1;. The van der Waals surface area contributed by atoms with Crippen LogP contribution in [0.3, 0.4) is 0 Å². The molecule has 0 aliphatic heterocycles. The van der Waals surface area contributed by atoms with Crippen molar-refractivity contribution in [1.82, 2.24) is 14.5 Å². The molecule has 0 aliphatic rings. The maximum Gasteiger partial charge on any atom is 0.0774 e. The third kappa shape index (κ3) is 8.64. The van der Waals surface area contributed by atoms with Gasteiger partial charge in [-0.05, 0) is 71.7 Å². The number of furan rings is 1. The Labute approximate surface area is 362 Å². The first-order valence-electron chi connectivity index (χ1n) is 20.2. The van der Waals surface area contributed by atoms with E-state index < -0.39 is 0 Å². The summed E-state index contributed by atoms with van der Waals surface area (Å²) in [5, 5.41) is 1.03. The first-order chi connectivity index (χ1) is 28.1. The summed E-state index contributed by atoms with van der Waals surface area (Å²) in [5.41, 5.74) is 16.6. The molecular formula is C54H49IrN3O-2. The van der Waals surface area contributed by atoms with Gasteiger partial charge in [0.05, 0.1) is 22.5 Å². The van der Waals surface area contributed by atoms with Crippen molar-refractivity contribution >= 4 is 22.0 Å². The summed E-state index contributed by atoms with van der Waals surface area (Å²) in [6.45, 7) is 15.5. The van der Waals surface area contributed by atoms with Gasteiger partial charge in [0.1, 0.15) is 0 Å². The summed E-state index contributed by atoms with van der Waals surface area (Å²) in [6, 6.07) is 53.8. The van der Waals surface area contributed by atoms with Crippen LogP contribution in [-0.2, 0) is 31.9 Å². The molecule has 0 saturated heterocycles. The Morgan fingerprint density at radius 3 is 2.00 bits per heavy atom. The van der Waals surface area contributed by atoms with Crippen LogP contribution in [0.4, 0.5) is 0 Å². The molecule has 3 heterocycles. The van der Waals surface area contributed by atoms with E-state index >= 15 is 0 Å². The minimum absolute atomic E-state index is 0. The van der Waals surface area contributed by atoms with Gasteiger partial charge in [-0.1, -0.05) is 166 Å². The van der Waals surface area contributed by atoms with E-state index in [-0.39, 0.29) is 25.5 Å². The third-order valence-corrected chi connectivity index (χ3v) is 10.6. The van der Waals surface area contributed by atoms with E-state index in [0.717, 1.165) is 84.6 Å². The van der Waals surface area contributed by atoms with Crippen LogP contribution in [-0.4, -0.2) is 14.5 Å². The molecule has 4 nitrogen and oxygen atoms in total. The van der Waals surface area contributed by atoms with E-state index in [9.17, 15) is 0 Å². The van der Waals surface area contributed by atoms with Crippen LogP contribution in [0.15, 0.2) is 156 Å². The van der Waals surface area contributed by atoms with E-state index in [1.807, 2.05) is 30.5 Å². The molecule has 6 aromatic carbocycles. The van der Waals surface area contributed by atoms with Crippen molar-refractivity contribution in [2.75, 3.05) is 0 Å². The number of imidazole rings is 1. The number of fused-ring (bicyclic) bond motifs is 2. The fourth-order valence-electron chi connectivity index (χ4n) is 7.99. The van der Waals surface area contributed by atoms with Crippen molar-refractivity contribution in [1.29, 1.82) is 0 Å². The number of benzene rings is 6. The molecule has 0 saturated carbocycles. The number of nitrogens with zero attached hydrogens (tertiary/aromatic N) is 3. The summed E-state index contributed by atoms with van der Waals surface area (Å²) in [6.07, 6.45) is 6.37. The van der Waals surface area contributed by atoms with Crippen LogP contribution in [0.25, 0.3) is 72.6 Å². The smallest absolute Gasteiger partial charge is 0.0774 e. The van der Waals surface area contributed by atoms with Crippen LogP contribution < -0.4 is 0 Å². The maximum absolute atomic E-state index is 6.03. The van der Waals surface area contributed by atoms with Gasteiger partial charge in [0.2, 0.25) is 0 Å². The fourth-order valence-corrected chi connectivity index (χ4v) is 7.99. The van der Waals surface area contributed by atoms with Crippen LogP contribution in [0.1, 0.15) is 56.9 Å². The zero-order chi connectivity index (χ0) is 40.4. The Balaban J connectivity index is 0.000000214. The first-order valence-corrected chi connectivity index (χ1v) is 20.2. The average molecular weight is 948 g/mol.